The van der Waals surface area contributed by atoms with E-state index in [1.807, 2.05) is 22.1 Å². The van der Waals surface area contributed by atoms with Crippen molar-refractivity contribution in [3.8, 4) is 16.9 Å². The normalized spacial score (nSPS) is 25.2. The number of amides is 6. The molecule has 4 saturated heterocycles. The number of benzene rings is 2. The van der Waals surface area contributed by atoms with E-state index in [1.54, 1.807) is 12.1 Å². The summed E-state index contributed by atoms with van der Waals surface area (Å²) in [5, 5.41) is 7.09. The van der Waals surface area contributed by atoms with Crippen molar-refractivity contribution in [2.75, 3.05) is 55.6 Å². The van der Waals surface area contributed by atoms with E-state index < -0.39 is 29.7 Å². The number of hydrogen-bond donors (Lipinski definition) is 1. The zero-order valence-electron chi connectivity index (χ0n) is 34.6. The maximum atomic E-state index is 13.4. The molecule has 2 aromatic carbocycles. The average Bonchev–Trinajstić information content (AvgIpc) is 3.89. The highest BCUT2D eigenvalue weighted by Gasteiger charge is 2.54. The zero-order valence-corrected chi connectivity index (χ0v) is 34.6. The Bertz CT molecular complexity index is 2360. The molecule has 15 nitrogen and oxygen atoms in total. The first-order chi connectivity index (χ1) is 29.5. The van der Waals surface area contributed by atoms with Gasteiger partial charge in [-0.25, -0.2) is 0 Å². The van der Waals surface area contributed by atoms with Crippen LogP contribution < -0.4 is 19.9 Å². The van der Waals surface area contributed by atoms with E-state index in [4.69, 9.17) is 9.84 Å². The summed E-state index contributed by atoms with van der Waals surface area (Å²) in [4.78, 5) is 86.8. The van der Waals surface area contributed by atoms with Crippen LogP contribution in [0.2, 0.25) is 0 Å². The molecule has 61 heavy (non-hydrogen) atoms. The second kappa shape index (κ2) is 14.5. The number of nitrogens with one attached hydrogen (secondary N) is 1. The first kappa shape index (κ1) is 38.4. The van der Waals surface area contributed by atoms with Crippen molar-refractivity contribution in [3.05, 3.63) is 59.4 Å². The van der Waals surface area contributed by atoms with Crippen molar-refractivity contribution < 1.29 is 33.5 Å². The molecule has 318 valence electrons. The minimum atomic E-state index is -0.991. The third kappa shape index (κ3) is 6.61. The van der Waals surface area contributed by atoms with Crippen molar-refractivity contribution in [1.82, 2.24) is 29.8 Å². The van der Waals surface area contributed by atoms with Crippen LogP contribution in [0.15, 0.2) is 42.7 Å². The molecule has 0 radical (unpaired) electrons. The fourth-order valence-electron chi connectivity index (χ4n) is 10.7. The smallest absolute Gasteiger partial charge is 0.262 e. The molecule has 1 spiro atoms. The molecule has 2 atom stereocenters. The first-order valence-electron chi connectivity index (χ1n) is 22.3. The van der Waals surface area contributed by atoms with E-state index in [9.17, 15) is 28.8 Å². The van der Waals surface area contributed by atoms with Gasteiger partial charge < -0.3 is 19.4 Å². The van der Waals surface area contributed by atoms with E-state index in [-0.39, 0.29) is 65.3 Å². The number of imide groups is 2. The SMILES string of the molecule is C[C@H]1CCc2c(ccc(-c3cnn(C4CCN(CC(=O)N5CC6(C5)CN(c5ccc7c(c5)C(=O)N(C5CCC(=O)NC5=O)C7=O)C6)CC4)c3)c2OC2CCC2)N1C(=O)C1CC1. The molecular weight excluding hydrogens is 777 g/mol. The molecule has 1 unspecified atom stereocenters. The lowest BCUT2D eigenvalue weighted by Gasteiger charge is -2.61. The van der Waals surface area contributed by atoms with Crippen molar-refractivity contribution in [2.24, 2.45) is 11.3 Å². The summed E-state index contributed by atoms with van der Waals surface area (Å²) in [5.74, 6) is -0.547. The van der Waals surface area contributed by atoms with Crippen molar-refractivity contribution in [1.29, 1.82) is 0 Å². The highest BCUT2D eigenvalue weighted by molar-refractivity contribution is 6.23. The van der Waals surface area contributed by atoms with Gasteiger partial charge in [0.2, 0.25) is 23.6 Å². The number of rotatable bonds is 9. The van der Waals surface area contributed by atoms with E-state index in [0.29, 0.717) is 19.6 Å². The van der Waals surface area contributed by atoms with Crippen LogP contribution in [0.1, 0.15) is 103 Å². The van der Waals surface area contributed by atoms with Gasteiger partial charge in [0.25, 0.3) is 11.8 Å². The van der Waals surface area contributed by atoms with Gasteiger partial charge in [0.05, 0.1) is 41.7 Å². The van der Waals surface area contributed by atoms with Crippen LogP contribution in [0, 0.1) is 11.3 Å². The number of fused-ring (bicyclic) bond motifs is 2. The highest BCUT2D eigenvalue weighted by Crippen LogP contribution is 2.47. The number of piperidine rings is 2. The quantitative estimate of drug-likeness (QED) is 0.314. The Balaban J connectivity index is 0.680. The molecule has 1 aromatic heterocycles. The Morgan fingerprint density at radius 3 is 2.33 bits per heavy atom. The fraction of sp³-hybridized carbons (Fsp3) is 0.543. The number of hydrogen-bond acceptors (Lipinski definition) is 10. The molecule has 1 N–H and O–H groups in total. The topological polar surface area (TPSA) is 158 Å². The molecule has 3 aromatic rings. The fourth-order valence-corrected chi connectivity index (χ4v) is 10.7. The molecule has 0 bridgehead atoms. The highest BCUT2D eigenvalue weighted by atomic mass is 16.5. The van der Waals surface area contributed by atoms with Crippen LogP contribution in [0.3, 0.4) is 0 Å². The second-order valence-electron chi connectivity index (χ2n) is 19.0. The number of ether oxygens (including phenoxy) is 1. The molecule has 2 saturated carbocycles. The molecule has 6 amide bonds. The summed E-state index contributed by atoms with van der Waals surface area (Å²) in [7, 11) is 0. The average molecular weight is 829 g/mol. The maximum Gasteiger partial charge on any atom is 0.262 e. The molecule has 11 rings (SSSR count). The van der Waals surface area contributed by atoms with E-state index in [2.05, 4.69) is 45.1 Å². The van der Waals surface area contributed by atoms with Crippen LogP contribution in [0.5, 0.6) is 5.75 Å². The van der Waals surface area contributed by atoms with Gasteiger partial charge in [-0.3, -0.25) is 48.6 Å². The minimum Gasteiger partial charge on any atom is -0.489 e. The lowest BCUT2D eigenvalue weighted by atomic mass is 9.72. The number of likely N-dealkylation sites (tertiary alicyclic amines) is 2. The molecule has 2 aliphatic carbocycles. The molecule has 8 aliphatic rings. The van der Waals surface area contributed by atoms with Crippen LogP contribution in [0.25, 0.3) is 11.1 Å². The van der Waals surface area contributed by atoms with Gasteiger partial charge in [0.15, 0.2) is 0 Å². The lowest BCUT2D eigenvalue weighted by molar-refractivity contribution is -0.146. The first-order valence-corrected chi connectivity index (χ1v) is 22.3. The summed E-state index contributed by atoms with van der Waals surface area (Å²) in [5.41, 5.74) is 5.65. The predicted octanol–water partition coefficient (Wildman–Crippen LogP) is 3.95. The van der Waals surface area contributed by atoms with Crippen molar-refractivity contribution in [3.63, 3.8) is 0 Å². The summed E-state index contributed by atoms with van der Waals surface area (Å²) in [6.45, 7) is 7.10. The maximum absolute atomic E-state index is 13.4. The van der Waals surface area contributed by atoms with Crippen molar-refractivity contribution >= 4 is 46.8 Å². The standard InChI is InChI=1S/C46H52N8O7/c1-27-5-9-35-37(53(27)43(58)28-6-7-28)12-11-33(41(35)61-32-3-2-4-32)29-20-47-52(21-29)30-15-17-49(18-16-30)22-40(56)51-25-46(26-51)23-50(24-46)31-8-10-34-36(19-31)45(60)54(44(34)59)38-13-14-39(55)48-42(38)57/h8,10-12,19-21,27-28,30,32,38H,2-7,9,13-18,22-26H2,1H3,(H,48,55,57)/t27-,38?/m0/s1. The van der Waals surface area contributed by atoms with Gasteiger partial charge in [-0.15, -0.1) is 0 Å². The van der Waals surface area contributed by atoms with E-state index in [1.165, 1.54) is 6.42 Å². The third-order valence-corrected chi connectivity index (χ3v) is 14.7. The summed E-state index contributed by atoms with van der Waals surface area (Å²) < 4.78 is 8.84. The number of carbonyl (C=O) groups is 6. The predicted molar refractivity (Wildman–Crippen MR) is 223 cm³/mol. The van der Waals surface area contributed by atoms with E-state index >= 15 is 0 Å². The summed E-state index contributed by atoms with van der Waals surface area (Å²) in [6.07, 6.45) is 13.4. The van der Waals surface area contributed by atoms with Gasteiger partial charge >= 0.3 is 0 Å². The zero-order chi connectivity index (χ0) is 41.7. The summed E-state index contributed by atoms with van der Waals surface area (Å²) in [6, 6.07) is 8.91. The number of nitrogens with zero attached hydrogens (tertiary/aromatic N) is 7. The Morgan fingerprint density at radius 1 is 0.852 bits per heavy atom. The van der Waals surface area contributed by atoms with Gasteiger partial charge in [-0.1, -0.05) is 0 Å². The Morgan fingerprint density at radius 2 is 1.61 bits per heavy atom. The Labute approximate surface area is 354 Å². The van der Waals surface area contributed by atoms with Gasteiger partial charge in [-0.2, -0.15) is 5.10 Å². The number of aromatic nitrogens is 2. The number of anilines is 2. The van der Waals surface area contributed by atoms with Gasteiger partial charge in [0.1, 0.15) is 11.8 Å². The molecule has 7 heterocycles. The number of carbonyl (C=O) groups excluding carboxylic acids is 6. The van der Waals surface area contributed by atoms with Crippen LogP contribution >= 0.6 is 0 Å². The second-order valence-corrected chi connectivity index (χ2v) is 19.0. The van der Waals surface area contributed by atoms with Gasteiger partial charge in [-0.05, 0) is 101 Å². The molecular formula is C46H52N8O7. The van der Waals surface area contributed by atoms with Crippen LogP contribution in [-0.2, 0) is 25.6 Å². The van der Waals surface area contributed by atoms with Crippen LogP contribution in [-0.4, -0.2) is 124 Å². The monoisotopic (exact) mass is 828 g/mol. The molecule has 6 aliphatic heterocycles. The molecule has 15 heteroatoms. The summed E-state index contributed by atoms with van der Waals surface area (Å²) >= 11 is 0. The minimum absolute atomic E-state index is 0.0186. The lowest BCUT2D eigenvalue weighted by Crippen LogP contribution is -2.73. The molecule has 6 fully saturated rings. The largest absolute Gasteiger partial charge is 0.489 e. The third-order valence-electron chi connectivity index (χ3n) is 14.7. The van der Waals surface area contributed by atoms with E-state index in [0.717, 1.165) is 116 Å². The van der Waals surface area contributed by atoms with Crippen LogP contribution in [0.4, 0.5) is 11.4 Å². The van der Waals surface area contributed by atoms with Crippen molar-refractivity contribution in [2.45, 2.75) is 102 Å². The van der Waals surface area contributed by atoms with Gasteiger partial charge in [0, 0.05) is 91.6 Å². The Hall–Kier alpha value is -5.57. The Kier molecular flexibility index (Phi) is 9.13.